The maximum Gasteiger partial charge on any atom is 0.264 e. The molecule has 0 spiro atoms. The number of carbonyl (C=O) groups excluding carboxylic acids is 1. The summed E-state index contributed by atoms with van der Waals surface area (Å²) in [4.78, 5) is 12.6. The summed E-state index contributed by atoms with van der Waals surface area (Å²) in [6, 6.07) is 22.7. The SMILES string of the molecule is Cc1ccc(/C=N\NC(=O)CN(c2ccccc2C)S(=O)(=O)c2ccccc2)cc1. The molecule has 0 aromatic heterocycles. The molecular formula is C23H23N3O3S. The molecule has 0 heterocycles. The Labute approximate surface area is 176 Å². The minimum Gasteiger partial charge on any atom is -0.271 e. The number of nitrogens with zero attached hydrogens (tertiary/aromatic N) is 2. The second-order valence-electron chi connectivity index (χ2n) is 6.82. The molecule has 1 N–H and O–H groups in total. The minimum absolute atomic E-state index is 0.115. The van der Waals surface area contributed by atoms with Crippen molar-refractivity contribution in [2.45, 2.75) is 18.7 Å². The van der Waals surface area contributed by atoms with Crippen LogP contribution in [0.1, 0.15) is 16.7 Å². The smallest absolute Gasteiger partial charge is 0.264 e. The molecule has 3 aromatic carbocycles. The summed E-state index contributed by atoms with van der Waals surface area (Å²) in [6.45, 7) is 3.39. The van der Waals surface area contributed by atoms with Crippen molar-refractivity contribution in [3.8, 4) is 0 Å². The first-order valence-electron chi connectivity index (χ1n) is 9.40. The molecule has 3 aromatic rings. The zero-order valence-electron chi connectivity index (χ0n) is 16.8. The van der Waals surface area contributed by atoms with Gasteiger partial charge in [0.15, 0.2) is 0 Å². The Kier molecular flexibility index (Phi) is 6.64. The van der Waals surface area contributed by atoms with E-state index in [1.807, 2.05) is 37.3 Å². The molecule has 3 rings (SSSR count). The molecule has 154 valence electrons. The third-order valence-electron chi connectivity index (χ3n) is 4.48. The Morgan fingerprint density at radius 3 is 2.23 bits per heavy atom. The highest BCUT2D eigenvalue weighted by Gasteiger charge is 2.27. The lowest BCUT2D eigenvalue weighted by Gasteiger charge is -2.25. The molecule has 0 radical (unpaired) electrons. The molecule has 30 heavy (non-hydrogen) atoms. The second kappa shape index (κ2) is 9.37. The number of hydrazone groups is 1. The van der Waals surface area contributed by atoms with Crippen LogP contribution >= 0.6 is 0 Å². The summed E-state index contributed by atoms with van der Waals surface area (Å²) in [6.07, 6.45) is 1.52. The number of aryl methyl sites for hydroxylation is 2. The normalized spacial score (nSPS) is 11.4. The molecule has 0 atom stereocenters. The van der Waals surface area contributed by atoms with Crippen LogP contribution in [0.15, 0.2) is 88.9 Å². The fourth-order valence-electron chi connectivity index (χ4n) is 2.86. The van der Waals surface area contributed by atoms with Gasteiger partial charge >= 0.3 is 0 Å². The topological polar surface area (TPSA) is 78.8 Å². The van der Waals surface area contributed by atoms with Crippen LogP contribution in [0.2, 0.25) is 0 Å². The molecular weight excluding hydrogens is 398 g/mol. The van der Waals surface area contributed by atoms with Crippen LogP contribution in [0.5, 0.6) is 0 Å². The predicted octanol–water partition coefficient (Wildman–Crippen LogP) is 3.65. The lowest BCUT2D eigenvalue weighted by atomic mass is 10.2. The highest BCUT2D eigenvalue weighted by atomic mass is 32.2. The average Bonchev–Trinajstić information content (AvgIpc) is 2.75. The molecule has 0 saturated carbocycles. The number of sulfonamides is 1. The fraction of sp³-hybridized carbons (Fsp3) is 0.130. The van der Waals surface area contributed by atoms with E-state index in [2.05, 4.69) is 10.5 Å². The first-order valence-corrected chi connectivity index (χ1v) is 10.8. The van der Waals surface area contributed by atoms with Crippen LogP contribution in [0.4, 0.5) is 5.69 Å². The van der Waals surface area contributed by atoms with Crippen LogP contribution < -0.4 is 9.73 Å². The summed E-state index contributed by atoms with van der Waals surface area (Å²) in [5.74, 6) is -0.541. The van der Waals surface area contributed by atoms with Crippen LogP contribution in [0, 0.1) is 13.8 Å². The number of amides is 1. The van der Waals surface area contributed by atoms with Gasteiger partial charge in [-0.15, -0.1) is 0 Å². The molecule has 0 aliphatic heterocycles. The van der Waals surface area contributed by atoms with E-state index in [4.69, 9.17) is 0 Å². The van der Waals surface area contributed by atoms with Crippen LogP contribution in [0.3, 0.4) is 0 Å². The molecule has 0 aliphatic carbocycles. The van der Waals surface area contributed by atoms with E-state index >= 15 is 0 Å². The molecule has 6 nitrogen and oxygen atoms in total. The zero-order chi connectivity index (χ0) is 21.6. The maximum absolute atomic E-state index is 13.3. The van der Waals surface area contributed by atoms with Crippen molar-refractivity contribution in [1.29, 1.82) is 0 Å². The molecule has 0 aliphatic rings. The van der Waals surface area contributed by atoms with Crippen LogP contribution in [0.25, 0.3) is 0 Å². The number of anilines is 1. The zero-order valence-corrected chi connectivity index (χ0v) is 17.6. The summed E-state index contributed by atoms with van der Waals surface area (Å²) in [5, 5.41) is 3.95. The van der Waals surface area contributed by atoms with Gasteiger partial charge in [-0.1, -0.05) is 66.2 Å². The molecule has 7 heteroatoms. The third kappa shape index (κ3) is 5.12. The highest BCUT2D eigenvalue weighted by Crippen LogP contribution is 2.26. The number of nitrogens with one attached hydrogen (secondary N) is 1. The van der Waals surface area contributed by atoms with E-state index in [-0.39, 0.29) is 4.90 Å². The largest absolute Gasteiger partial charge is 0.271 e. The Balaban J connectivity index is 1.83. The Bertz CT molecular complexity index is 1140. The van der Waals surface area contributed by atoms with E-state index in [1.165, 1.54) is 18.3 Å². The van der Waals surface area contributed by atoms with Crippen molar-refractivity contribution in [2.75, 3.05) is 10.8 Å². The Morgan fingerprint density at radius 1 is 0.933 bits per heavy atom. The van der Waals surface area contributed by atoms with Gasteiger partial charge in [-0.2, -0.15) is 5.10 Å². The summed E-state index contributed by atoms with van der Waals surface area (Å²) in [5.41, 5.74) is 5.55. The van der Waals surface area contributed by atoms with Crippen LogP contribution in [-0.2, 0) is 14.8 Å². The van der Waals surface area contributed by atoms with Crippen LogP contribution in [-0.4, -0.2) is 27.1 Å². The summed E-state index contributed by atoms with van der Waals surface area (Å²) in [7, 11) is -3.93. The van der Waals surface area contributed by atoms with Gasteiger partial charge in [-0.05, 0) is 43.2 Å². The van der Waals surface area contributed by atoms with Gasteiger partial charge in [0.05, 0.1) is 16.8 Å². The van der Waals surface area contributed by atoms with Gasteiger partial charge in [0.25, 0.3) is 15.9 Å². The predicted molar refractivity (Wildman–Crippen MR) is 119 cm³/mol. The molecule has 1 amide bonds. The number of hydrogen-bond acceptors (Lipinski definition) is 4. The van der Waals surface area contributed by atoms with E-state index in [1.54, 1.807) is 43.3 Å². The molecule has 0 fully saturated rings. The summed E-state index contributed by atoms with van der Waals surface area (Å²) < 4.78 is 27.6. The van der Waals surface area contributed by atoms with Crippen molar-refractivity contribution in [2.24, 2.45) is 5.10 Å². The highest BCUT2D eigenvalue weighted by molar-refractivity contribution is 7.92. The van der Waals surface area contributed by atoms with E-state index in [0.29, 0.717) is 5.69 Å². The quantitative estimate of drug-likeness (QED) is 0.467. The van der Waals surface area contributed by atoms with Crippen molar-refractivity contribution < 1.29 is 13.2 Å². The van der Waals surface area contributed by atoms with Gasteiger partial charge in [-0.3, -0.25) is 9.10 Å². The maximum atomic E-state index is 13.3. The fourth-order valence-corrected chi connectivity index (χ4v) is 4.37. The minimum atomic E-state index is -3.93. The van der Waals surface area contributed by atoms with E-state index in [0.717, 1.165) is 21.0 Å². The Morgan fingerprint density at radius 2 is 1.57 bits per heavy atom. The number of para-hydroxylation sites is 1. The monoisotopic (exact) mass is 421 g/mol. The van der Waals surface area contributed by atoms with Crippen molar-refractivity contribution >= 4 is 27.8 Å². The van der Waals surface area contributed by atoms with Gasteiger partial charge in [0.1, 0.15) is 6.54 Å². The lowest BCUT2D eigenvalue weighted by molar-refractivity contribution is -0.119. The number of carbonyl (C=O) groups is 1. The van der Waals surface area contributed by atoms with Crippen molar-refractivity contribution in [3.05, 3.63) is 95.6 Å². The Hall–Kier alpha value is -3.45. The van der Waals surface area contributed by atoms with E-state index < -0.39 is 22.5 Å². The number of rotatable bonds is 7. The first-order chi connectivity index (χ1) is 14.4. The molecule has 0 unspecified atom stereocenters. The third-order valence-corrected chi connectivity index (χ3v) is 6.26. The van der Waals surface area contributed by atoms with Gasteiger partial charge < -0.3 is 0 Å². The standard InChI is InChI=1S/C23H23N3O3S/c1-18-12-14-20(15-13-18)16-24-25-23(27)17-26(22-11-7-6-8-19(22)2)30(28,29)21-9-4-3-5-10-21/h3-16H,17H2,1-2H3,(H,25,27)/b24-16-. The van der Waals surface area contributed by atoms with Gasteiger partial charge in [-0.25, -0.2) is 13.8 Å². The van der Waals surface area contributed by atoms with Crippen molar-refractivity contribution in [1.82, 2.24) is 5.43 Å². The number of hydrogen-bond donors (Lipinski definition) is 1. The van der Waals surface area contributed by atoms with Crippen molar-refractivity contribution in [3.63, 3.8) is 0 Å². The average molecular weight is 422 g/mol. The van der Waals surface area contributed by atoms with Gasteiger partial charge in [0, 0.05) is 0 Å². The molecule has 0 bridgehead atoms. The lowest BCUT2D eigenvalue weighted by Crippen LogP contribution is -2.40. The van der Waals surface area contributed by atoms with Gasteiger partial charge in [0.2, 0.25) is 0 Å². The molecule has 0 saturated heterocycles. The first kappa shape index (κ1) is 21.3. The number of benzene rings is 3. The second-order valence-corrected chi connectivity index (χ2v) is 8.68. The summed E-state index contributed by atoms with van der Waals surface area (Å²) >= 11 is 0. The van der Waals surface area contributed by atoms with E-state index in [9.17, 15) is 13.2 Å².